The summed E-state index contributed by atoms with van der Waals surface area (Å²) >= 11 is 0. The molecule has 108 valence electrons. The van der Waals surface area contributed by atoms with Crippen molar-refractivity contribution in [1.82, 2.24) is 24.2 Å². The van der Waals surface area contributed by atoms with Gasteiger partial charge in [0.25, 0.3) is 0 Å². The summed E-state index contributed by atoms with van der Waals surface area (Å²) in [6.07, 6.45) is 8.17. The van der Waals surface area contributed by atoms with Crippen LogP contribution in [-0.2, 0) is 0 Å². The summed E-state index contributed by atoms with van der Waals surface area (Å²) in [6.45, 7) is 2.35. The first-order valence-electron chi connectivity index (χ1n) is 7.46. The molecule has 5 nitrogen and oxygen atoms in total. The predicted molar refractivity (Wildman–Crippen MR) is 82.6 cm³/mol. The van der Waals surface area contributed by atoms with Crippen molar-refractivity contribution in [1.29, 1.82) is 0 Å². The van der Waals surface area contributed by atoms with E-state index >= 15 is 0 Å². The van der Waals surface area contributed by atoms with E-state index in [9.17, 15) is 0 Å². The molecule has 3 aromatic rings. The van der Waals surface area contributed by atoms with Crippen molar-refractivity contribution >= 4 is 10.9 Å². The molecule has 1 aromatic carbocycles. The third-order valence-electron chi connectivity index (χ3n) is 4.52. The van der Waals surface area contributed by atoms with Crippen LogP contribution in [0.15, 0.2) is 43.1 Å². The zero-order valence-electron chi connectivity index (χ0n) is 12.2. The SMILES string of the molecule is CN1CCC(n2ccc3c(-n4cnnc4)cccc32)CC1. The van der Waals surface area contributed by atoms with Gasteiger partial charge in [0.2, 0.25) is 0 Å². The van der Waals surface area contributed by atoms with Gasteiger partial charge in [-0.25, -0.2) is 0 Å². The van der Waals surface area contributed by atoms with Crippen molar-refractivity contribution in [2.75, 3.05) is 20.1 Å². The highest BCUT2D eigenvalue weighted by atomic mass is 15.2. The zero-order valence-corrected chi connectivity index (χ0v) is 12.2. The first kappa shape index (κ1) is 12.6. The first-order chi connectivity index (χ1) is 10.3. The molecule has 5 heteroatoms. The number of rotatable bonds is 2. The number of likely N-dealkylation sites (tertiary alicyclic amines) is 1. The lowest BCUT2D eigenvalue weighted by Gasteiger charge is -2.30. The van der Waals surface area contributed by atoms with Gasteiger partial charge in [-0.2, -0.15) is 0 Å². The summed E-state index contributed by atoms with van der Waals surface area (Å²) in [5.74, 6) is 0. The smallest absolute Gasteiger partial charge is 0.123 e. The van der Waals surface area contributed by atoms with Crippen LogP contribution in [0.4, 0.5) is 0 Å². The maximum absolute atomic E-state index is 3.91. The summed E-state index contributed by atoms with van der Waals surface area (Å²) in [7, 11) is 2.20. The maximum Gasteiger partial charge on any atom is 0.123 e. The van der Waals surface area contributed by atoms with Crippen LogP contribution in [0.3, 0.4) is 0 Å². The van der Waals surface area contributed by atoms with Crippen LogP contribution >= 0.6 is 0 Å². The lowest BCUT2D eigenvalue weighted by atomic mass is 10.1. The van der Waals surface area contributed by atoms with E-state index in [4.69, 9.17) is 0 Å². The number of aromatic nitrogens is 4. The monoisotopic (exact) mass is 281 g/mol. The van der Waals surface area contributed by atoms with Gasteiger partial charge in [0.1, 0.15) is 12.7 Å². The molecule has 3 heterocycles. The van der Waals surface area contributed by atoms with Crippen LogP contribution in [-0.4, -0.2) is 44.4 Å². The second kappa shape index (κ2) is 5.00. The van der Waals surface area contributed by atoms with Gasteiger partial charge in [-0.3, -0.25) is 4.57 Å². The van der Waals surface area contributed by atoms with E-state index in [1.165, 1.54) is 36.8 Å². The van der Waals surface area contributed by atoms with Crippen LogP contribution in [0, 0.1) is 0 Å². The lowest BCUT2D eigenvalue weighted by molar-refractivity contribution is 0.224. The molecule has 0 N–H and O–H groups in total. The first-order valence-corrected chi connectivity index (χ1v) is 7.46. The molecule has 0 amide bonds. The van der Waals surface area contributed by atoms with Crippen molar-refractivity contribution in [3.05, 3.63) is 43.1 Å². The zero-order chi connectivity index (χ0) is 14.2. The van der Waals surface area contributed by atoms with Crippen molar-refractivity contribution in [2.24, 2.45) is 0 Å². The lowest BCUT2D eigenvalue weighted by Crippen LogP contribution is -2.31. The molecule has 4 rings (SSSR count). The Labute approximate surface area is 123 Å². The number of benzene rings is 1. The molecule has 2 aromatic heterocycles. The van der Waals surface area contributed by atoms with Gasteiger partial charge in [-0.15, -0.1) is 10.2 Å². The van der Waals surface area contributed by atoms with Crippen molar-refractivity contribution < 1.29 is 0 Å². The Morgan fingerprint density at radius 1 is 1.05 bits per heavy atom. The van der Waals surface area contributed by atoms with E-state index in [0.29, 0.717) is 6.04 Å². The number of nitrogens with zero attached hydrogens (tertiary/aromatic N) is 5. The van der Waals surface area contributed by atoms with Gasteiger partial charge in [-0.05, 0) is 51.2 Å². The minimum Gasteiger partial charge on any atom is -0.344 e. The van der Waals surface area contributed by atoms with Gasteiger partial charge in [0.05, 0.1) is 11.2 Å². The van der Waals surface area contributed by atoms with Gasteiger partial charge >= 0.3 is 0 Å². The van der Waals surface area contributed by atoms with Crippen LogP contribution in [0.1, 0.15) is 18.9 Å². The Balaban J connectivity index is 1.77. The van der Waals surface area contributed by atoms with Crippen LogP contribution in [0.25, 0.3) is 16.6 Å². The van der Waals surface area contributed by atoms with Gasteiger partial charge in [0, 0.05) is 17.6 Å². The molecule has 0 aliphatic carbocycles. The Bertz CT molecular complexity index is 735. The third-order valence-corrected chi connectivity index (χ3v) is 4.52. The van der Waals surface area contributed by atoms with Crippen molar-refractivity contribution in [2.45, 2.75) is 18.9 Å². The number of hydrogen-bond donors (Lipinski definition) is 0. The third kappa shape index (κ3) is 2.14. The molecule has 0 spiro atoms. The Morgan fingerprint density at radius 2 is 1.81 bits per heavy atom. The number of hydrogen-bond acceptors (Lipinski definition) is 3. The molecule has 1 fully saturated rings. The summed E-state index contributed by atoms with van der Waals surface area (Å²) < 4.78 is 4.41. The van der Waals surface area contributed by atoms with E-state index in [1.807, 2.05) is 4.57 Å². The van der Waals surface area contributed by atoms with Gasteiger partial charge in [0.15, 0.2) is 0 Å². The quantitative estimate of drug-likeness (QED) is 0.724. The highest BCUT2D eigenvalue weighted by molar-refractivity contribution is 5.88. The fraction of sp³-hybridized carbons (Fsp3) is 0.375. The standard InChI is InChI=1S/C16H19N5/c1-19-8-5-13(6-9-19)21-10-7-14-15(3-2-4-16(14)21)20-11-17-18-12-20/h2-4,7,10-13H,5-6,8-9H2,1H3. The van der Waals surface area contributed by atoms with Gasteiger partial charge in [-0.1, -0.05) is 6.07 Å². The maximum atomic E-state index is 3.91. The summed E-state index contributed by atoms with van der Waals surface area (Å²) in [4.78, 5) is 2.41. The number of piperidine rings is 1. The van der Waals surface area contributed by atoms with Crippen molar-refractivity contribution in [3.63, 3.8) is 0 Å². The summed E-state index contributed by atoms with van der Waals surface area (Å²) in [6, 6.07) is 9.26. The minimum absolute atomic E-state index is 0.606. The summed E-state index contributed by atoms with van der Waals surface area (Å²) in [5, 5.41) is 9.08. The summed E-state index contributed by atoms with van der Waals surface area (Å²) in [5.41, 5.74) is 2.44. The van der Waals surface area contributed by atoms with E-state index in [0.717, 1.165) is 5.69 Å². The fourth-order valence-electron chi connectivity index (χ4n) is 3.31. The normalized spacial score (nSPS) is 17.6. The van der Waals surface area contributed by atoms with E-state index in [2.05, 4.69) is 57.2 Å². The highest BCUT2D eigenvalue weighted by Crippen LogP contribution is 2.30. The molecule has 0 atom stereocenters. The second-order valence-electron chi connectivity index (χ2n) is 5.84. The molecule has 1 aliphatic heterocycles. The highest BCUT2D eigenvalue weighted by Gasteiger charge is 2.19. The molecule has 1 aliphatic rings. The van der Waals surface area contributed by atoms with E-state index in [1.54, 1.807) is 12.7 Å². The number of fused-ring (bicyclic) bond motifs is 1. The Kier molecular flexibility index (Phi) is 3.00. The van der Waals surface area contributed by atoms with Crippen LogP contribution in [0.2, 0.25) is 0 Å². The molecule has 21 heavy (non-hydrogen) atoms. The average Bonchev–Trinajstić information content (AvgIpc) is 3.17. The Morgan fingerprint density at radius 3 is 2.57 bits per heavy atom. The fourth-order valence-corrected chi connectivity index (χ4v) is 3.31. The molecule has 0 radical (unpaired) electrons. The predicted octanol–water partition coefficient (Wildman–Crippen LogP) is 2.49. The topological polar surface area (TPSA) is 38.9 Å². The van der Waals surface area contributed by atoms with Crippen LogP contribution in [0.5, 0.6) is 0 Å². The van der Waals surface area contributed by atoms with E-state index < -0.39 is 0 Å². The molecule has 0 unspecified atom stereocenters. The second-order valence-corrected chi connectivity index (χ2v) is 5.84. The minimum atomic E-state index is 0.606. The Hall–Kier alpha value is -2.14. The largest absolute Gasteiger partial charge is 0.344 e. The molecule has 0 bridgehead atoms. The molecular weight excluding hydrogens is 262 g/mol. The van der Waals surface area contributed by atoms with Gasteiger partial charge < -0.3 is 9.47 Å². The van der Waals surface area contributed by atoms with Crippen molar-refractivity contribution in [3.8, 4) is 5.69 Å². The van der Waals surface area contributed by atoms with E-state index in [-0.39, 0.29) is 0 Å². The molecular formula is C16H19N5. The van der Waals surface area contributed by atoms with Crippen LogP contribution < -0.4 is 0 Å². The molecule has 0 saturated carbocycles. The molecule has 1 saturated heterocycles. The average molecular weight is 281 g/mol.